The molecule has 3 nitrogen and oxygen atoms in total. The van der Waals surface area contributed by atoms with E-state index in [9.17, 15) is 0 Å². The van der Waals surface area contributed by atoms with Gasteiger partial charge in [-0.2, -0.15) is 0 Å². The number of rotatable bonds is 6. The van der Waals surface area contributed by atoms with E-state index in [1.807, 2.05) is 0 Å². The van der Waals surface area contributed by atoms with E-state index in [-0.39, 0.29) is 5.54 Å². The molecule has 0 radical (unpaired) electrons. The van der Waals surface area contributed by atoms with E-state index < -0.39 is 0 Å². The van der Waals surface area contributed by atoms with Crippen LogP contribution in [0.25, 0.3) is 0 Å². The Balaban J connectivity index is 1.44. The summed E-state index contributed by atoms with van der Waals surface area (Å²) in [5.74, 6) is 0. The molecule has 0 amide bonds. The van der Waals surface area contributed by atoms with Crippen molar-refractivity contribution in [2.24, 2.45) is 5.73 Å². The van der Waals surface area contributed by atoms with Gasteiger partial charge in [0.05, 0.1) is 6.10 Å². The molecule has 3 heteroatoms. The zero-order valence-corrected chi connectivity index (χ0v) is 9.63. The lowest BCUT2D eigenvalue weighted by atomic mass is 9.75. The van der Waals surface area contributed by atoms with Gasteiger partial charge in [0.1, 0.15) is 0 Å². The highest BCUT2D eigenvalue weighted by Crippen LogP contribution is 2.31. The summed E-state index contributed by atoms with van der Waals surface area (Å²) in [6, 6.07) is 0. The van der Waals surface area contributed by atoms with Crippen LogP contribution in [-0.2, 0) is 4.74 Å². The highest BCUT2D eigenvalue weighted by Gasteiger charge is 2.31. The Morgan fingerprint density at radius 1 is 1.27 bits per heavy atom. The van der Waals surface area contributed by atoms with Crippen molar-refractivity contribution in [1.29, 1.82) is 0 Å². The third-order valence-electron chi connectivity index (χ3n) is 3.82. The van der Waals surface area contributed by atoms with Gasteiger partial charge in [0.25, 0.3) is 0 Å². The molecule has 1 saturated carbocycles. The predicted octanol–water partition coefficient (Wildman–Crippen LogP) is 1.42. The van der Waals surface area contributed by atoms with Crippen molar-refractivity contribution in [3.05, 3.63) is 0 Å². The molecule has 88 valence electrons. The van der Waals surface area contributed by atoms with Gasteiger partial charge in [-0.3, -0.25) is 0 Å². The lowest BCUT2D eigenvalue weighted by molar-refractivity contribution is 0.104. The normalized spacial score (nSPS) is 29.0. The van der Waals surface area contributed by atoms with Gasteiger partial charge in [0.2, 0.25) is 0 Å². The molecule has 0 aromatic carbocycles. The van der Waals surface area contributed by atoms with Crippen LogP contribution in [-0.4, -0.2) is 31.3 Å². The lowest BCUT2D eigenvalue weighted by Crippen LogP contribution is -2.48. The van der Waals surface area contributed by atoms with Crippen LogP contribution in [0, 0.1) is 0 Å². The average molecular weight is 212 g/mol. The second-order valence-electron chi connectivity index (χ2n) is 5.14. The molecule has 0 bridgehead atoms. The molecular weight excluding hydrogens is 188 g/mol. The third-order valence-corrected chi connectivity index (χ3v) is 3.82. The number of nitrogens with two attached hydrogens (primary N) is 1. The van der Waals surface area contributed by atoms with Crippen molar-refractivity contribution >= 4 is 0 Å². The Morgan fingerprint density at radius 3 is 2.73 bits per heavy atom. The van der Waals surface area contributed by atoms with Crippen LogP contribution >= 0.6 is 0 Å². The van der Waals surface area contributed by atoms with Crippen LogP contribution in [0.4, 0.5) is 0 Å². The smallest absolute Gasteiger partial charge is 0.0588 e. The third kappa shape index (κ3) is 3.44. The van der Waals surface area contributed by atoms with Gasteiger partial charge in [-0.15, -0.1) is 0 Å². The van der Waals surface area contributed by atoms with Crippen molar-refractivity contribution in [3.63, 3.8) is 0 Å². The van der Waals surface area contributed by atoms with Gasteiger partial charge < -0.3 is 15.8 Å². The molecule has 1 atom stereocenters. The molecule has 3 N–H and O–H groups in total. The van der Waals surface area contributed by atoms with Crippen molar-refractivity contribution in [1.82, 2.24) is 5.32 Å². The van der Waals surface area contributed by atoms with Gasteiger partial charge in [0, 0.05) is 12.1 Å². The lowest BCUT2D eigenvalue weighted by Gasteiger charge is -2.38. The van der Waals surface area contributed by atoms with Crippen LogP contribution in [0.5, 0.6) is 0 Å². The Kier molecular flexibility index (Phi) is 4.00. The second-order valence-corrected chi connectivity index (χ2v) is 5.14. The van der Waals surface area contributed by atoms with Crippen LogP contribution in [0.15, 0.2) is 0 Å². The molecule has 1 aliphatic heterocycles. The summed E-state index contributed by atoms with van der Waals surface area (Å²) in [4.78, 5) is 0. The van der Waals surface area contributed by atoms with Crippen LogP contribution in [0.3, 0.4) is 0 Å². The quantitative estimate of drug-likeness (QED) is 0.655. The second kappa shape index (κ2) is 5.28. The molecule has 2 rings (SSSR count). The molecule has 1 heterocycles. The first-order valence-electron chi connectivity index (χ1n) is 6.40. The Hall–Kier alpha value is -0.120. The SMILES string of the molecule is NC1(CCNCCC2CCCO2)CCC1. The highest BCUT2D eigenvalue weighted by molar-refractivity contribution is 4.92. The van der Waals surface area contributed by atoms with Gasteiger partial charge in [-0.25, -0.2) is 0 Å². The molecule has 1 saturated heterocycles. The van der Waals surface area contributed by atoms with Gasteiger partial charge in [-0.1, -0.05) is 0 Å². The largest absolute Gasteiger partial charge is 0.378 e. The summed E-state index contributed by atoms with van der Waals surface area (Å²) >= 11 is 0. The van der Waals surface area contributed by atoms with Crippen LogP contribution in [0.1, 0.15) is 44.9 Å². The first-order valence-corrected chi connectivity index (χ1v) is 6.40. The summed E-state index contributed by atoms with van der Waals surface area (Å²) in [6.07, 6.45) is 9.09. The van der Waals surface area contributed by atoms with E-state index in [1.165, 1.54) is 32.1 Å². The Morgan fingerprint density at radius 2 is 2.13 bits per heavy atom. The standard InChI is InChI=1S/C12H24N2O/c13-12(5-2-6-12)7-9-14-8-4-11-3-1-10-15-11/h11,14H,1-10,13H2. The molecule has 2 aliphatic rings. The number of hydrogen-bond donors (Lipinski definition) is 2. The van der Waals surface area contributed by atoms with E-state index in [1.54, 1.807) is 0 Å². The monoisotopic (exact) mass is 212 g/mol. The van der Waals surface area contributed by atoms with Gasteiger partial charge in [0.15, 0.2) is 0 Å². The minimum absolute atomic E-state index is 0.177. The fourth-order valence-electron chi connectivity index (χ4n) is 2.48. The fraction of sp³-hybridized carbons (Fsp3) is 1.00. The highest BCUT2D eigenvalue weighted by atomic mass is 16.5. The summed E-state index contributed by atoms with van der Waals surface area (Å²) in [7, 11) is 0. The maximum absolute atomic E-state index is 6.14. The molecule has 1 unspecified atom stereocenters. The van der Waals surface area contributed by atoms with E-state index in [0.717, 1.165) is 32.5 Å². The summed E-state index contributed by atoms with van der Waals surface area (Å²) in [6.45, 7) is 3.13. The average Bonchev–Trinajstić information content (AvgIpc) is 2.67. The molecule has 0 aromatic heterocycles. The van der Waals surface area contributed by atoms with Crippen molar-refractivity contribution < 1.29 is 4.74 Å². The Bertz CT molecular complexity index is 186. The van der Waals surface area contributed by atoms with Crippen LogP contribution in [0.2, 0.25) is 0 Å². The predicted molar refractivity (Wildman–Crippen MR) is 61.8 cm³/mol. The first-order chi connectivity index (χ1) is 7.29. The zero-order valence-electron chi connectivity index (χ0n) is 9.63. The maximum Gasteiger partial charge on any atom is 0.0588 e. The topological polar surface area (TPSA) is 47.3 Å². The molecule has 1 aliphatic carbocycles. The summed E-state index contributed by atoms with van der Waals surface area (Å²) in [5.41, 5.74) is 6.32. The molecular formula is C12H24N2O. The Labute approximate surface area is 92.7 Å². The maximum atomic E-state index is 6.14. The molecule has 0 aromatic rings. The number of nitrogens with one attached hydrogen (secondary N) is 1. The van der Waals surface area contributed by atoms with Crippen molar-refractivity contribution in [3.8, 4) is 0 Å². The van der Waals surface area contributed by atoms with Gasteiger partial charge in [-0.05, 0) is 58.0 Å². The molecule has 2 fully saturated rings. The van der Waals surface area contributed by atoms with E-state index in [2.05, 4.69) is 5.32 Å². The number of ether oxygens (including phenoxy) is 1. The minimum atomic E-state index is 0.177. The van der Waals surface area contributed by atoms with Crippen molar-refractivity contribution in [2.75, 3.05) is 19.7 Å². The fourth-order valence-corrected chi connectivity index (χ4v) is 2.48. The molecule has 0 spiro atoms. The van der Waals surface area contributed by atoms with Crippen molar-refractivity contribution in [2.45, 2.75) is 56.6 Å². The molecule has 15 heavy (non-hydrogen) atoms. The van der Waals surface area contributed by atoms with Crippen LogP contribution < -0.4 is 11.1 Å². The minimum Gasteiger partial charge on any atom is -0.378 e. The number of hydrogen-bond acceptors (Lipinski definition) is 3. The summed E-state index contributed by atoms with van der Waals surface area (Å²) in [5, 5.41) is 3.48. The van der Waals surface area contributed by atoms with E-state index in [4.69, 9.17) is 10.5 Å². The summed E-state index contributed by atoms with van der Waals surface area (Å²) < 4.78 is 5.57. The zero-order chi connectivity index (χ0) is 10.6. The van der Waals surface area contributed by atoms with Gasteiger partial charge >= 0.3 is 0 Å². The van der Waals surface area contributed by atoms with E-state index >= 15 is 0 Å². The van der Waals surface area contributed by atoms with E-state index in [0.29, 0.717) is 6.10 Å². The first kappa shape index (κ1) is 11.4.